The van der Waals surface area contributed by atoms with E-state index in [9.17, 15) is 23.1 Å². The molecule has 0 radical (unpaired) electrons. The van der Waals surface area contributed by atoms with Gasteiger partial charge < -0.3 is 16.2 Å². The molecule has 2 heterocycles. The lowest BCUT2D eigenvalue weighted by atomic mass is 10.1. The molecule has 0 aromatic carbocycles. The topological polar surface area (TPSA) is 163 Å². The lowest BCUT2D eigenvalue weighted by molar-refractivity contribution is -0.130. The number of aromatic nitrogens is 1. The third-order valence-electron chi connectivity index (χ3n) is 3.27. The molecule has 142 valence electrons. The van der Waals surface area contributed by atoms with Gasteiger partial charge in [0, 0.05) is 6.20 Å². The molecular formula is C15H13ClN4O5S2. The Morgan fingerprint density at radius 3 is 2.56 bits per heavy atom. The number of nitrogens with zero attached hydrogens (tertiary/aromatic N) is 2. The molecule has 27 heavy (non-hydrogen) atoms. The molecule has 0 aliphatic carbocycles. The third-order valence-corrected chi connectivity index (χ3v) is 6.79. The average Bonchev–Trinajstić information content (AvgIpc) is 2.98. The lowest BCUT2D eigenvalue weighted by Crippen LogP contribution is -2.36. The minimum atomic E-state index is -4.26. The van der Waals surface area contributed by atoms with E-state index in [2.05, 4.69) is 10.3 Å². The van der Waals surface area contributed by atoms with Crippen molar-refractivity contribution in [1.82, 2.24) is 4.98 Å². The number of pyridine rings is 1. The van der Waals surface area contributed by atoms with Crippen LogP contribution in [-0.2, 0) is 14.6 Å². The maximum absolute atomic E-state index is 12.9. The number of carbonyl (C=O) groups excluding carboxylic acids is 2. The minimum Gasteiger partial charge on any atom is -0.381 e. The Balaban J connectivity index is 2.62. The number of carbonyl (C=O) groups is 2. The fourth-order valence-electron chi connectivity index (χ4n) is 1.86. The summed E-state index contributed by atoms with van der Waals surface area (Å²) >= 11 is 6.29. The summed E-state index contributed by atoms with van der Waals surface area (Å²) in [5, 5.41) is 20.8. The summed E-state index contributed by atoms with van der Waals surface area (Å²) < 4.78 is 25.4. The van der Waals surface area contributed by atoms with Crippen molar-refractivity contribution < 1.29 is 23.1 Å². The summed E-state index contributed by atoms with van der Waals surface area (Å²) in [6.45, 7) is 2.44. The quantitative estimate of drug-likeness (QED) is 0.604. The first-order chi connectivity index (χ1) is 12.4. The van der Waals surface area contributed by atoms with Crippen LogP contribution in [0.25, 0.3) is 0 Å². The van der Waals surface area contributed by atoms with Crippen molar-refractivity contribution in [3.8, 4) is 6.07 Å². The van der Waals surface area contributed by atoms with Gasteiger partial charge in [-0.3, -0.25) is 9.59 Å². The molecule has 0 bridgehead atoms. The van der Waals surface area contributed by atoms with Gasteiger partial charge in [0.25, 0.3) is 11.8 Å². The van der Waals surface area contributed by atoms with Crippen LogP contribution in [0.15, 0.2) is 27.4 Å². The molecule has 2 rings (SSSR count). The Labute approximate surface area is 163 Å². The summed E-state index contributed by atoms with van der Waals surface area (Å²) in [4.78, 5) is 26.9. The molecule has 0 saturated heterocycles. The number of nitrogens with one attached hydrogen (secondary N) is 1. The van der Waals surface area contributed by atoms with E-state index < -0.39 is 32.1 Å². The van der Waals surface area contributed by atoms with Crippen LogP contribution < -0.4 is 11.1 Å². The minimum absolute atomic E-state index is 0.144. The first kappa shape index (κ1) is 20.8. The maximum Gasteiger partial charge on any atom is 0.256 e. The van der Waals surface area contributed by atoms with Crippen LogP contribution >= 0.6 is 22.9 Å². The van der Waals surface area contributed by atoms with E-state index in [1.807, 2.05) is 0 Å². The van der Waals surface area contributed by atoms with Gasteiger partial charge in [-0.1, -0.05) is 11.6 Å². The Morgan fingerprint density at radius 1 is 1.41 bits per heavy atom. The van der Waals surface area contributed by atoms with Crippen LogP contribution in [-0.4, -0.2) is 35.9 Å². The predicted molar refractivity (Wildman–Crippen MR) is 97.2 cm³/mol. The maximum atomic E-state index is 12.9. The van der Waals surface area contributed by atoms with Crippen molar-refractivity contribution in [1.29, 1.82) is 5.26 Å². The summed E-state index contributed by atoms with van der Waals surface area (Å²) in [5.74, 6) is -1.84. The molecule has 12 heteroatoms. The Kier molecular flexibility index (Phi) is 5.58. The highest BCUT2D eigenvalue weighted by Crippen LogP contribution is 2.36. The summed E-state index contributed by atoms with van der Waals surface area (Å²) in [7, 11) is -4.26. The van der Waals surface area contributed by atoms with E-state index in [0.717, 1.165) is 18.3 Å². The Morgan fingerprint density at radius 2 is 2.04 bits per heavy atom. The molecule has 9 nitrogen and oxygen atoms in total. The second kappa shape index (κ2) is 7.24. The molecule has 0 saturated carbocycles. The van der Waals surface area contributed by atoms with Crippen molar-refractivity contribution in [2.45, 2.75) is 28.6 Å². The molecule has 0 spiro atoms. The number of thiophene rings is 1. The Hall–Kier alpha value is -2.52. The number of anilines is 1. The second-order valence-corrected chi connectivity index (χ2v) is 9.39. The van der Waals surface area contributed by atoms with E-state index in [0.29, 0.717) is 11.3 Å². The SMILES string of the molecule is CC(C)(O)C(=O)Nc1sc(S(=O)(=O)c2cc(Cl)ncc2C#N)cc1C(N)=O. The van der Waals surface area contributed by atoms with Gasteiger partial charge in [0.1, 0.15) is 26.0 Å². The Bertz CT molecular complexity index is 1080. The number of primary amides is 1. The number of hydrogen-bond donors (Lipinski definition) is 3. The lowest BCUT2D eigenvalue weighted by Gasteiger charge is -2.16. The van der Waals surface area contributed by atoms with Crippen LogP contribution in [0.5, 0.6) is 0 Å². The molecule has 2 aromatic heterocycles. The highest BCUT2D eigenvalue weighted by Gasteiger charge is 2.30. The number of sulfone groups is 1. The van der Waals surface area contributed by atoms with Gasteiger partial charge in [-0.05, 0) is 26.0 Å². The number of hydrogen-bond acceptors (Lipinski definition) is 8. The highest BCUT2D eigenvalue weighted by atomic mass is 35.5. The van der Waals surface area contributed by atoms with Gasteiger partial charge in [-0.2, -0.15) is 5.26 Å². The predicted octanol–water partition coefficient (Wildman–Crippen LogP) is 1.31. The van der Waals surface area contributed by atoms with E-state index in [1.54, 1.807) is 6.07 Å². The molecule has 4 N–H and O–H groups in total. The molecular weight excluding hydrogens is 416 g/mol. The van der Waals surface area contributed by atoms with Gasteiger partial charge in [0.15, 0.2) is 0 Å². The summed E-state index contributed by atoms with van der Waals surface area (Å²) in [6, 6.07) is 3.70. The monoisotopic (exact) mass is 428 g/mol. The molecule has 2 amide bonds. The average molecular weight is 429 g/mol. The first-order valence-electron chi connectivity index (χ1n) is 7.16. The summed E-state index contributed by atoms with van der Waals surface area (Å²) in [5.41, 5.74) is 2.98. The van der Waals surface area contributed by atoms with Crippen LogP contribution in [0.2, 0.25) is 5.15 Å². The zero-order chi connectivity index (χ0) is 20.6. The largest absolute Gasteiger partial charge is 0.381 e. The molecule has 2 aromatic rings. The van der Waals surface area contributed by atoms with Crippen LogP contribution in [0.3, 0.4) is 0 Å². The normalized spacial score (nSPS) is 11.7. The zero-order valence-electron chi connectivity index (χ0n) is 14.0. The van der Waals surface area contributed by atoms with E-state index in [1.165, 1.54) is 13.8 Å². The highest BCUT2D eigenvalue weighted by molar-refractivity contribution is 7.93. The summed E-state index contributed by atoms with van der Waals surface area (Å²) in [6.07, 6.45) is 1.01. The van der Waals surface area contributed by atoms with E-state index in [-0.39, 0.29) is 25.5 Å². The van der Waals surface area contributed by atoms with Crippen LogP contribution in [0.4, 0.5) is 5.00 Å². The van der Waals surface area contributed by atoms with Crippen LogP contribution in [0.1, 0.15) is 29.8 Å². The van der Waals surface area contributed by atoms with Gasteiger partial charge in [-0.15, -0.1) is 11.3 Å². The zero-order valence-corrected chi connectivity index (χ0v) is 16.4. The molecule has 0 aliphatic heterocycles. The molecule has 0 atom stereocenters. The van der Waals surface area contributed by atoms with Crippen molar-refractivity contribution in [2.75, 3.05) is 5.32 Å². The fourth-order valence-corrected chi connectivity index (χ4v) is 4.98. The standard InChI is InChI=1S/C15H13ClN4O5S2/c1-15(2,23)14(22)20-13-8(12(18)21)3-11(26-13)27(24,25)9-4-10(16)19-6-7(9)5-17/h3-4,6,23H,1-2H3,(H2,18,21)(H,20,22). The number of halogens is 1. The van der Waals surface area contributed by atoms with Gasteiger partial charge in [0.2, 0.25) is 9.84 Å². The van der Waals surface area contributed by atoms with Crippen molar-refractivity contribution >= 4 is 49.6 Å². The smallest absolute Gasteiger partial charge is 0.256 e. The number of nitriles is 1. The molecule has 0 aliphatic rings. The van der Waals surface area contributed by atoms with Crippen molar-refractivity contribution in [3.05, 3.63) is 34.6 Å². The van der Waals surface area contributed by atoms with Gasteiger partial charge >= 0.3 is 0 Å². The van der Waals surface area contributed by atoms with E-state index >= 15 is 0 Å². The number of amides is 2. The first-order valence-corrected chi connectivity index (χ1v) is 9.84. The number of aliphatic hydroxyl groups is 1. The molecule has 0 unspecified atom stereocenters. The number of rotatable bonds is 5. The van der Waals surface area contributed by atoms with Gasteiger partial charge in [-0.25, -0.2) is 13.4 Å². The van der Waals surface area contributed by atoms with Crippen LogP contribution in [0, 0.1) is 11.3 Å². The second-order valence-electron chi connectivity index (χ2n) is 5.80. The van der Waals surface area contributed by atoms with Crippen molar-refractivity contribution in [2.24, 2.45) is 5.73 Å². The molecule has 0 fully saturated rings. The van der Waals surface area contributed by atoms with Crippen molar-refractivity contribution in [3.63, 3.8) is 0 Å². The van der Waals surface area contributed by atoms with Gasteiger partial charge in [0.05, 0.1) is 16.0 Å². The fraction of sp³-hybridized carbons (Fsp3) is 0.200. The number of nitrogens with two attached hydrogens (primary N) is 1. The third kappa shape index (κ3) is 4.25. The van der Waals surface area contributed by atoms with E-state index in [4.69, 9.17) is 22.6 Å².